The molecule has 0 spiro atoms. The van der Waals surface area contributed by atoms with Crippen molar-refractivity contribution in [2.24, 2.45) is 5.92 Å². The topological polar surface area (TPSA) is 74.8 Å². The Bertz CT molecular complexity index is 712. The molecule has 0 radical (unpaired) electrons. The van der Waals surface area contributed by atoms with E-state index < -0.39 is 6.03 Å². The second-order valence-electron chi connectivity index (χ2n) is 7.01. The maximum atomic E-state index is 12.2. The zero-order valence-electron chi connectivity index (χ0n) is 16.3. The van der Waals surface area contributed by atoms with Crippen molar-refractivity contribution in [1.82, 2.24) is 10.6 Å². The molecule has 6 heteroatoms. The fraction of sp³-hybridized carbons (Fsp3) is 0.429. The number of aryl methyl sites for hydroxylation is 1. The van der Waals surface area contributed by atoms with Crippen LogP contribution in [0.2, 0.25) is 0 Å². The van der Waals surface area contributed by atoms with E-state index in [9.17, 15) is 9.59 Å². The van der Waals surface area contributed by atoms with E-state index in [1.807, 2.05) is 16.8 Å². The van der Waals surface area contributed by atoms with Gasteiger partial charge in [-0.05, 0) is 35.8 Å². The molecule has 4 N–H and O–H groups in total. The summed E-state index contributed by atoms with van der Waals surface area (Å²) in [6, 6.07) is 12.2. The minimum atomic E-state index is -0.422. The van der Waals surface area contributed by atoms with Crippen molar-refractivity contribution in [3.63, 3.8) is 0 Å². The molecule has 2 rings (SSSR count). The number of urea groups is 1. The third-order valence-electron chi connectivity index (χ3n) is 4.40. The van der Waals surface area contributed by atoms with Crippen LogP contribution in [0.3, 0.4) is 0 Å². The van der Waals surface area contributed by atoms with Crippen LogP contribution in [-0.2, 0) is 11.2 Å². The van der Waals surface area contributed by atoms with Crippen molar-refractivity contribution in [2.45, 2.75) is 39.7 Å². The quantitative estimate of drug-likeness (QED) is 0.618. The Kier molecular flexibility index (Phi) is 8.48. The van der Waals surface area contributed by atoms with Crippen molar-refractivity contribution in [3.8, 4) is 0 Å². The SMILES string of the molecule is CCc1ccc([C@@H]([NH2+]CC(=O)NC(=O)NCCC(C)C)c2cccs2)cc1. The molecular formula is C21H30N3O2S+. The van der Waals surface area contributed by atoms with E-state index in [2.05, 4.69) is 61.7 Å². The van der Waals surface area contributed by atoms with Gasteiger partial charge < -0.3 is 10.6 Å². The first kappa shape index (κ1) is 21.1. The Labute approximate surface area is 165 Å². The van der Waals surface area contributed by atoms with E-state index in [1.165, 1.54) is 10.4 Å². The first-order valence-corrected chi connectivity index (χ1v) is 10.4. The Hall–Kier alpha value is -2.18. The van der Waals surface area contributed by atoms with E-state index in [-0.39, 0.29) is 18.5 Å². The lowest BCUT2D eigenvalue weighted by atomic mass is 10.0. The number of imide groups is 1. The van der Waals surface area contributed by atoms with Crippen LogP contribution in [0.15, 0.2) is 41.8 Å². The number of amides is 3. The van der Waals surface area contributed by atoms with E-state index in [1.54, 1.807) is 11.3 Å². The molecular weight excluding hydrogens is 358 g/mol. The standard InChI is InChI=1S/C21H29N3O2S/c1-4-16-7-9-17(10-8-16)20(18-6-5-13-27-18)23-14-19(25)24-21(26)22-12-11-15(2)3/h5-10,13,15,20,23H,4,11-12,14H2,1-3H3,(H2,22,24,25,26)/p+1/t20-/m1/s1. The number of nitrogens with one attached hydrogen (secondary N) is 2. The van der Waals surface area contributed by atoms with Gasteiger partial charge in [-0.2, -0.15) is 0 Å². The van der Waals surface area contributed by atoms with Gasteiger partial charge in [0.1, 0.15) is 6.04 Å². The lowest BCUT2D eigenvalue weighted by Gasteiger charge is -2.15. The number of carbonyl (C=O) groups excluding carboxylic acids is 2. The molecule has 1 aromatic carbocycles. The predicted molar refractivity (Wildman–Crippen MR) is 110 cm³/mol. The molecule has 5 nitrogen and oxygen atoms in total. The predicted octanol–water partition coefficient (Wildman–Crippen LogP) is 2.84. The third kappa shape index (κ3) is 7.15. The van der Waals surface area contributed by atoms with Gasteiger partial charge in [0.05, 0.1) is 4.88 Å². The average molecular weight is 389 g/mol. The van der Waals surface area contributed by atoms with Crippen molar-refractivity contribution in [2.75, 3.05) is 13.1 Å². The molecule has 1 heterocycles. The first-order valence-electron chi connectivity index (χ1n) is 9.52. The molecule has 0 unspecified atom stereocenters. The summed E-state index contributed by atoms with van der Waals surface area (Å²) >= 11 is 1.67. The minimum Gasteiger partial charge on any atom is -0.338 e. The largest absolute Gasteiger partial charge is 0.338 e. The van der Waals surface area contributed by atoms with Crippen LogP contribution in [0.4, 0.5) is 4.79 Å². The highest BCUT2D eigenvalue weighted by atomic mass is 32.1. The third-order valence-corrected chi connectivity index (χ3v) is 5.35. The number of nitrogens with two attached hydrogens (primary N) is 1. The summed E-state index contributed by atoms with van der Waals surface area (Å²) < 4.78 is 0. The smallest absolute Gasteiger partial charge is 0.321 e. The summed E-state index contributed by atoms with van der Waals surface area (Å²) in [6.45, 7) is 7.08. The van der Waals surface area contributed by atoms with Crippen molar-refractivity contribution in [3.05, 3.63) is 57.8 Å². The zero-order chi connectivity index (χ0) is 19.6. The number of carbonyl (C=O) groups is 2. The fourth-order valence-corrected chi connectivity index (χ4v) is 3.62. The van der Waals surface area contributed by atoms with Crippen LogP contribution in [0, 0.1) is 5.92 Å². The number of quaternary nitrogens is 1. The van der Waals surface area contributed by atoms with Gasteiger partial charge in [-0.25, -0.2) is 4.79 Å². The van der Waals surface area contributed by atoms with Gasteiger partial charge in [-0.15, -0.1) is 11.3 Å². The summed E-state index contributed by atoms with van der Waals surface area (Å²) in [6.07, 6.45) is 1.89. The second-order valence-corrected chi connectivity index (χ2v) is 7.99. The lowest BCUT2D eigenvalue weighted by Crippen LogP contribution is -2.87. The highest BCUT2D eigenvalue weighted by molar-refractivity contribution is 7.10. The first-order chi connectivity index (χ1) is 13.0. The van der Waals surface area contributed by atoms with Crippen molar-refractivity contribution in [1.29, 1.82) is 0 Å². The Morgan fingerprint density at radius 1 is 1.15 bits per heavy atom. The summed E-state index contributed by atoms with van der Waals surface area (Å²) in [7, 11) is 0. The van der Waals surface area contributed by atoms with Gasteiger partial charge in [0.15, 0.2) is 6.54 Å². The van der Waals surface area contributed by atoms with Gasteiger partial charge in [0.25, 0.3) is 5.91 Å². The summed E-state index contributed by atoms with van der Waals surface area (Å²) in [5.74, 6) is 0.226. The van der Waals surface area contributed by atoms with Gasteiger partial charge in [0.2, 0.25) is 0 Å². The average Bonchev–Trinajstić information content (AvgIpc) is 3.16. The maximum absolute atomic E-state index is 12.2. The highest BCUT2D eigenvalue weighted by Gasteiger charge is 2.20. The molecule has 2 aromatic rings. The molecule has 0 saturated heterocycles. The van der Waals surface area contributed by atoms with Crippen LogP contribution in [0.25, 0.3) is 0 Å². The molecule has 146 valence electrons. The highest BCUT2D eigenvalue weighted by Crippen LogP contribution is 2.23. The van der Waals surface area contributed by atoms with Gasteiger partial charge in [-0.3, -0.25) is 10.1 Å². The van der Waals surface area contributed by atoms with Gasteiger partial charge in [-0.1, -0.05) is 51.1 Å². The number of rotatable bonds is 9. The van der Waals surface area contributed by atoms with Crippen molar-refractivity contribution >= 4 is 23.3 Å². The summed E-state index contributed by atoms with van der Waals surface area (Å²) in [5, 5.41) is 9.15. The molecule has 1 atom stereocenters. The number of benzene rings is 1. The van der Waals surface area contributed by atoms with Gasteiger partial charge >= 0.3 is 6.03 Å². The van der Waals surface area contributed by atoms with E-state index >= 15 is 0 Å². The Balaban J connectivity index is 1.92. The zero-order valence-corrected chi connectivity index (χ0v) is 17.1. The Morgan fingerprint density at radius 2 is 1.89 bits per heavy atom. The molecule has 0 bridgehead atoms. The monoisotopic (exact) mass is 388 g/mol. The van der Waals surface area contributed by atoms with E-state index in [0.29, 0.717) is 12.5 Å². The van der Waals surface area contributed by atoms with Gasteiger partial charge in [0, 0.05) is 12.1 Å². The number of hydrogen-bond donors (Lipinski definition) is 3. The molecule has 1 aromatic heterocycles. The molecule has 0 aliphatic heterocycles. The molecule has 3 amide bonds. The normalized spacial score (nSPS) is 12.0. The maximum Gasteiger partial charge on any atom is 0.321 e. The Morgan fingerprint density at radius 3 is 2.48 bits per heavy atom. The van der Waals surface area contributed by atoms with E-state index in [4.69, 9.17) is 0 Å². The van der Waals surface area contributed by atoms with Crippen LogP contribution in [0.1, 0.15) is 49.2 Å². The molecule has 0 aliphatic rings. The molecule has 0 saturated carbocycles. The van der Waals surface area contributed by atoms with Crippen LogP contribution < -0.4 is 16.0 Å². The molecule has 0 aliphatic carbocycles. The van der Waals surface area contributed by atoms with E-state index in [0.717, 1.165) is 18.4 Å². The van der Waals surface area contributed by atoms with Crippen LogP contribution >= 0.6 is 11.3 Å². The van der Waals surface area contributed by atoms with Crippen molar-refractivity contribution < 1.29 is 14.9 Å². The molecule has 0 fully saturated rings. The van der Waals surface area contributed by atoms with Crippen LogP contribution in [-0.4, -0.2) is 25.0 Å². The molecule has 27 heavy (non-hydrogen) atoms. The summed E-state index contributed by atoms with van der Waals surface area (Å²) in [5.41, 5.74) is 2.45. The van der Waals surface area contributed by atoms with Crippen LogP contribution in [0.5, 0.6) is 0 Å². The number of hydrogen-bond acceptors (Lipinski definition) is 3. The summed E-state index contributed by atoms with van der Waals surface area (Å²) in [4.78, 5) is 25.1. The number of thiophene rings is 1. The fourth-order valence-electron chi connectivity index (χ4n) is 2.77. The second kappa shape index (κ2) is 10.8. The minimum absolute atomic E-state index is 0.0469. The lowest BCUT2D eigenvalue weighted by molar-refractivity contribution is -0.676.